The monoisotopic (exact) mass is 312 g/mol. The largest absolute Gasteiger partial charge is 0.416 e. The molecule has 0 radical (unpaired) electrons. The molecule has 2 aromatic rings. The van der Waals surface area contributed by atoms with Crippen LogP contribution in [0.3, 0.4) is 0 Å². The Morgan fingerprint density at radius 1 is 0.905 bits per heavy atom. The molecule has 0 bridgehead atoms. The molecule has 2 rings (SSSR count). The number of sulfone groups is 1. The Kier molecular flexibility index (Phi) is 3.91. The molecule has 0 saturated heterocycles. The van der Waals surface area contributed by atoms with Crippen LogP contribution in [0.4, 0.5) is 13.2 Å². The third-order valence-corrected chi connectivity index (χ3v) is 4.69. The van der Waals surface area contributed by atoms with Gasteiger partial charge in [-0.3, -0.25) is 0 Å². The SMILES string of the molecule is C=C(c1ccccc1)S(=O)(=O)c1ccc(C(F)(F)F)cc1. The summed E-state index contributed by atoms with van der Waals surface area (Å²) in [5.74, 6) is 0. The molecule has 0 atom stereocenters. The molecule has 21 heavy (non-hydrogen) atoms. The van der Waals surface area contributed by atoms with E-state index in [1.165, 1.54) is 0 Å². The zero-order valence-corrected chi connectivity index (χ0v) is 11.6. The van der Waals surface area contributed by atoms with Crippen molar-refractivity contribution < 1.29 is 21.6 Å². The molecule has 0 saturated carbocycles. The zero-order chi connectivity index (χ0) is 15.7. The van der Waals surface area contributed by atoms with E-state index in [9.17, 15) is 21.6 Å². The molecule has 0 N–H and O–H groups in total. The molecule has 0 fully saturated rings. The summed E-state index contributed by atoms with van der Waals surface area (Å²) in [7, 11) is -3.92. The highest BCUT2D eigenvalue weighted by Crippen LogP contribution is 2.31. The van der Waals surface area contributed by atoms with E-state index < -0.39 is 21.6 Å². The molecule has 2 aromatic carbocycles. The lowest BCUT2D eigenvalue weighted by Crippen LogP contribution is -2.07. The van der Waals surface area contributed by atoms with E-state index in [0.29, 0.717) is 5.56 Å². The van der Waals surface area contributed by atoms with Crippen LogP contribution < -0.4 is 0 Å². The number of alkyl halides is 3. The van der Waals surface area contributed by atoms with Crippen LogP contribution in [0.5, 0.6) is 0 Å². The number of benzene rings is 2. The minimum atomic E-state index is -4.50. The quantitative estimate of drug-likeness (QED) is 0.853. The second kappa shape index (κ2) is 5.37. The highest BCUT2D eigenvalue weighted by molar-refractivity contribution is 8.00. The van der Waals surface area contributed by atoms with E-state index in [1.807, 2.05) is 0 Å². The molecule has 6 heteroatoms. The molecule has 2 nitrogen and oxygen atoms in total. The van der Waals surface area contributed by atoms with Crippen molar-refractivity contribution in [3.05, 3.63) is 72.3 Å². The van der Waals surface area contributed by atoms with Crippen molar-refractivity contribution in [1.29, 1.82) is 0 Å². The molecule has 0 aromatic heterocycles. The molecule has 0 spiro atoms. The Morgan fingerprint density at radius 2 is 1.43 bits per heavy atom. The van der Waals surface area contributed by atoms with Gasteiger partial charge in [-0.15, -0.1) is 0 Å². The van der Waals surface area contributed by atoms with Gasteiger partial charge in [0.25, 0.3) is 0 Å². The van der Waals surface area contributed by atoms with Crippen molar-refractivity contribution in [2.24, 2.45) is 0 Å². The highest BCUT2D eigenvalue weighted by Gasteiger charge is 2.31. The van der Waals surface area contributed by atoms with E-state index >= 15 is 0 Å². The van der Waals surface area contributed by atoms with Gasteiger partial charge in [0.15, 0.2) is 0 Å². The van der Waals surface area contributed by atoms with Crippen molar-refractivity contribution in [3.8, 4) is 0 Å². The van der Waals surface area contributed by atoms with Gasteiger partial charge < -0.3 is 0 Å². The van der Waals surface area contributed by atoms with E-state index in [1.54, 1.807) is 30.3 Å². The average molecular weight is 312 g/mol. The molecule has 110 valence electrons. The second-order valence-corrected chi connectivity index (χ2v) is 6.29. The van der Waals surface area contributed by atoms with Crippen LogP contribution in [-0.4, -0.2) is 8.42 Å². The molecular formula is C15H11F3O2S. The first-order valence-corrected chi connectivity index (χ1v) is 7.38. The van der Waals surface area contributed by atoms with Gasteiger partial charge in [0.05, 0.1) is 15.4 Å². The van der Waals surface area contributed by atoms with Crippen LogP contribution >= 0.6 is 0 Å². The predicted molar refractivity (Wildman–Crippen MR) is 74.1 cm³/mol. The first-order chi connectivity index (χ1) is 9.73. The number of hydrogen-bond donors (Lipinski definition) is 0. The topological polar surface area (TPSA) is 34.1 Å². The normalized spacial score (nSPS) is 12.1. The summed E-state index contributed by atoms with van der Waals surface area (Å²) in [4.78, 5) is -0.368. The number of halogens is 3. The molecule has 0 aliphatic carbocycles. The molecule has 0 aliphatic rings. The number of rotatable bonds is 3. The predicted octanol–water partition coefficient (Wildman–Crippen LogP) is 4.15. The lowest BCUT2D eigenvalue weighted by atomic mass is 10.2. The summed E-state index contributed by atoms with van der Waals surface area (Å²) in [5, 5.41) is 0. The van der Waals surface area contributed by atoms with Crippen LogP contribution in [0.25, 0.3) is 4.91 Å². The van der Waals surface area contributed by atoms with Gasteiger partial charge >= 0.3 is 6.18 Å². The Morgan fingerprint density at radius 3 is 1.90 bits per heavy atom. The third-order valence-electron chi connectivity index (χ3n) is 2.91. The van der Waals surface area contributed by atoms with Crippen LogP contribution in [0.1, 0.15) is 11.1 Å². The van der Waals surface area contributed by atoms with Gasteiger partial charge in [0.1, 0.15) is 0 Å². The van der Waals surface area contributed by atoms with Gasteiger partial charge in [0, 0.05) is 0 Å². The summed E-state index contributed by atoms with van der Waals surface area (Å²) in [6.07, 6.45) is -4.50. The van der Waals surface area contributed by atoms with Crippen molar-refractivity contribution in [1.82, 2.24) is 0 Å². The van der Waals surface area contributed by atoms with E-state index in [-0.39, 0.29) is 9.80 Å². The maximum Gasteiger partial charge on any atom is 0.416 e. The van der Waals surface area contributed by atoms with Gasteiger partial charge in [-0.1, -0.05) is 36.9 Å². The lowest BCUT2D eigenvalue weighted by Gasteiger charge is -2.10. The minimum Gasteiger partial charge on any atom is -0.219 e. The maximum atomic E-state index is 12.5. The van der Waals surface area contributed by atoms with Crippen LogP contribution in [0.2, 0.25) is 0 Å². The Bertz CT molecular complexity index is 746. The first-order valence-electron chi connectivity index (χ1n) is 5.89. The average Bonchev–Trinajstić information content (AvgIpc) is 2.46. The zero-order valence-electron chi connectivity index (χ0n) is 10.8. The summed E-state index contributed by atoms with van der Waals surface area (Å²) >= 11 is 0. The summed E-state index contributed by atoms with van der Waals surface area (Å²) in [6, 6.07) is 11.5. The van der Waals surface area contributed by atoms with Gasteiger partial charge in [-0.25, -0.2) is 8.42 Å². The van der Waals surface area contributed by atoms with Crippen LogP contribution in [-0.2, 0) is 16.0 Å². The Balaban J connectivity index is 2.39. The van der Waals surface area contributed by atoms with E-state index in [0.717, 1.165) is 24.3 Å². The summed E-state index contributed by atoms with van der Waals surface area (Å²) < 4.78 is 62.0. The fraction of sp³-hybridized carbons (Fsp3) is 0.0667. The van der Waals surface area contributed by atoms with E-state index in [2.05, 4.69) is 6.58 Å². The van der Waals surface area contributed by atoms with Crippen LogP contribution in [0.15, 0.2) is 66.1 Å². The second-order valence-electron chi connectivity index (χ2n) is 4.31. The summed E-state index contributed by atoms with van der Waals surface area (Å²) in [5.41, 5.74) is -0.496. The fourth-order valence-corrected chi connectivity index (χ4v) is 2.97. The van der Waals surface area contributed by atoms with Gasteiger partial charge in [-0.05, 0) is 29.8 Å². The van der Waals surface area contributed by atoms with E-state index in [4.69, 9.17) is 0 Å². The van der Waals surface area contributed by atoms with Gasteiger partial charge in [0.2, 0.25) is 9.84 Å². The van der Waals surface area contributed by atoms with Gasteiger partial charge in [-0.2, -0.15) is 13.2 Å². The lowest BCUT2D eigenvalue weighted by molar-refractivity contribution is -0.137. The first kappa shape index (κ1) is 15.3. The Hall–Kier alpha value is -2.08. The molecule has 0 heterocycles. The molecule has 0 unspecified atom stereocenters. The van der Waals surface area contributed by atoms with Crippen molar-refractivity contribution in [2.75, 3.05) is 0 Å². The van der Waals surface area contributed by atoms with Crippen molar-refractivity contribution in [2.45, 2.75) is 11.1 Å². The molecule has 0 aliphatic heterocycles. The molecule has 0 amide bonds. The smallest absolute Gasteiger partial charge is 0.219 e. The van der Waals surface area contributed by atoms with Crippen molar-refractivity contribution >= 4 is 14.7 Å². The maximum absolute atomic E-state index is 12.5. The molecular weight excluding hydrogens is 301 g/mol. The summed E-state index contributed by atoms with van der Waals surface area (Å²) in [6.45, 7) is 3.53. The van der Waals surface area contributed by atoms with Crippen LogP contribution in [0, 0.1) is 0 Å². The van der Waals surface area contributed by atoms with Crippen molar-refractivity contribution in [3.63, 3.8) is 0 Å². The third kappa shape index (κ3) is 3.16. The standard InChI is InChI=1S/C15H11F3O2S/c1-11(12-5-3-2-4-6-12)21(19,20)14-9-7-13(8-10-14)15(16,17)18/h2-10H,1H2. The minimum absolute atomic E-state index is 0.150. The number of hydrogen-bond acceptors (Lipinski definition) is 2. The highest BCUT2D eigenvalue weighted by atomic mass is 32.2. The fourth-order valence-electron chi connectivity index (χ4n) is 1.74. The Labute approximate surface area is 120 Å².